The summed E-state index contributed by atoms with van der Waals surface area (Å²) in [6.07, 6.45) is 3.69. The van der Waals surface area contributed by atoms with Gasteiger partial charge in [0.15, 0.2) is 0 Å². The molecule has 20 heavy (non-hydrogen) atoms. The van der Waals surface area contributed by atoms with Crippen LogP contribution in [0.2, 0.25) is 0 Å². The number of carboxylic acid groups (broad SMARTS) is 1. The molecule has 1 amide bonds. The first-order valence-electron chi connectivity index (χ1n) is 6.95. The monoisotopic (exact) mass is 280 g/mol. The number of piperidine rings is 1. The summed E-state index contributed by atoms with van der Waals surface area (Å²) >= 11 is 0. The minimum atomic E-state index is -1.17. The molecule has 1 aromatic rings. The number of aliphatic carboxylic acids is 1. The van der Waals surface area contributed by atoms with Crippen molar-refractivity contribution in [2.24, 2.45) is 0 Å². The van der Waals surface area contributed by atoms with Gasteiger partial charge in [0, 0.05) is 13.0 Å². The number of hydrogen-bond donors (Lipinski definition) is 2. The summed E-state index contributed by atoms with van der Waals surface area (Å²) in [6.45, 7) is 4.03. The van der Waals surface area contributed by atoms with Crippen LogP contribution in [-0.2, 0) is 11.2 Å². The number of hydrogen-bond acceptors (Lipinski definition) is 4. The van der Waals surface area contributed by atoms with Crippen LogP contribution in [0.25, 0.3) is 0 Å². The van der Waals surface area contributed by atoms with Crippen LogP contribution in [0.1, 0.15) is 56.0 Å². The number of carboxylic acids is 1. The van der Waals surface area contributed by atoms with Crippen molar-refractivity contribution in [1.82, 2.24) is 20.1 Å². The van der Waals surface area contributed by atoms with E-state index in [1.165, 1.54) is 4.90 Å². The first-order valence-corrected chi connectivity index (χ1v) is 6.95. The van der Waals surface area contributed by atoms with Gasteiger partial charge in [-0.15, -0.1) is 5.10 Å². The number of aryl methyl sites for hydroxylation is 1. The van der Waals surface area contributed by atoms with Gasteiger partial charge in [0.25, 0.3) is 5.91 Å². The van der Waals surface area contributed by atoms with Crippen molar-refractivity contribution in [3.63, 3.8) is 0 Å². The van der Waals surface area contributed by atoms with E-state index in [2.05, 4.69) is 15.2 Å². The van der Waals surface area contributed by atoms with Gasteiger partial charge in [-0.25, -0.2) is 9.78 Å². The molecule has 1 atom stereocenters. The Morgan fingerprint density at radius 3 is 2.85 bits per heavy atom. The molecule has 110 valence electrons. The second-order valence-corrected chi connectivity index (χ2v) is 5.35. The minimum Gasteiger partial charge on any atom is -0.480 e. The van der Waals surface area contributed by atoms with Gasteiger partial charge < -0.3 is 10.0 Å². The molecule has 2 rings (SSSR count). The fourth-order valence-corrected chi connectivity index (χ4v) is 2.53. The smallest absolute Gasteiger partial charge is 0.329 e. The van der Waals surface area contributed by atoms with Crippen molar-refractivity contribution in [3.05, 3.63) is 11.6 Å². The lowest BCUT2D eigenvalue weighted by Gasteiger charge is -2.40. The molecule has 0 saturated carbocycles. The zero-order valence-corrected chi connectivity index (χ0v) is 11.8. The third kappa shape index (κ3) is 2.52. The van der Waals surface area contributed by atoms with Gasteiger partial charge in [-0.3, -0.25) is 9.89 Å². The molecule has 2 heterocycles. The molecular formula is C13H20N4O3. The quantitative estimate of drug-likeness (QED) is 0.864. The van der Waals surface area contributed by atoms with Crippen LogP contribution < -0.4 is 0 Å². The first kappa shape index (κ1) is 14.5. The Kier molecular flexibility index (Phi) is 4.06. The summed E-state index contributed by atoms with van der Waals surface area (Å²) < 4.78 is 0. The van der Waals surface area contributed by atoms with Gasteiger partial charge in [0.1, 0.15) is 11.4 Å². The zero-order valence-electron chi connectivity index (χ0n) is 11.8. The maximum Gasteiger partial charge on any atom is 0.329 e. The van der Waals surface area contributed by atoms with Crippen LogP contribution in [0.4, 0.5) is 0 Å². The predicted molar refractivity (Wildman–Crippen MR) is 71.3 cm³/mol. The Morgan fingerprint density at radius 1 is 1.45 bits per heavy atom. The van der Waals surface area contributed by atoms with Crippen LogP contribution in [0, 0.1) is 0 Å². The van der Waals surface area contributed by atoms with Crippen molar-refractivity contribution in [2.75, 3.05) is 6.54 Å². The molecule has 0 aromatic carbocycles. The number of amides is 1. The van der Waals surface area contributed by atoms with Gasteiger partial charge in [-0.1, -0.05) is 6.92 Å². The van der Waals surface area contributed by atoms with Crippen molar-refractivity contribution >= 4 is 11.9 Å². The summed E-state index contributed by atoms with van der Waals surface area (Å²) in [4.78, 5) is 29.5. The van der Waals surface area contributed by atoms with Crippen molar-refractivity contribution in [3.8, 4) is 0 Å². The first-order chi connectivity index (χ1) is 9.49. The summed E-state index contributed by atoms with van der Waals surface area (Å²) in [7, 11) is 0. The normalized spacial score (nSPS) is 22.8. The van der Waals surface area contributed by atoms with Crippen LogP contribution >= 0.6 is 0 Å². The highest BCUT2D eigenvalue weighted by atomic mass is 16.4. The number of likely N-dealkylation sites (tertiary alicyclic amines) is 1. The van der Waals surface area contributed by atoms with E-state index < -0.39 is 17.4 Å². The summed E-state index contributed by atoms with van der Waals surface area (Å²) in [5, 5.41) is 16.1. The third-order valence-electron chi connectivity index (χ3n) is 3.81. The van der Waals surface area contributed by atoms with Gasteiger partial charge in [0.05, 0.1) is 0 Å². The van der Waals surface area contributed by atoms with E-state index in [1.54, 1.807) is 6.92 Å². The fraction of sp³-hybridized carbons (Fsp3) is 0.692. The topological polar surface area (TPSA) is 99.2 Å². The Bertz CT molecular complexity index is 513. The van der Waals surface area contributed by atoms with Gasteiger partial charge in [-0.05, 0) is 32.6 Å². The third-order valence-corrected chi connectivity index (χ3v) is 3.81. The number of H-pyrrole nitrogens is 1. The Labute approximate surface area is 117 Å². The van der Waals surface area contributed by atoms with E-state index in [0.29, 0.717) is 18.8 Å². The molecule has 0 aliphatic carbocycles. The average Bonchev–Trinajstić information content (AvgIpc) is 2.87. The van der Waals surface area contributed by atoms with Crippen molar-refractivity contribution in [1.29, 1.82) is 0 Å². The number of nitrogens with one attached hydrogen (secondary N) is 1. The number of rotatable bonds is 4. The van der Waals surface area contributed by atoms with Gasteiger partial charge in [0.2, 0.25) is 5.82 Å². The second kappa shape index (κ2) is 5.60. The molecule has 1 aliphatic heterocycles. The molecule has 1 unspecified atom stereocenters. The van der Waals surface area contributed by atoms with Crippen molar-refractivity contribution < 1.29 is 14.7 Å². The molecule has 1 fully saturated rings. The highest BCUT2D eigenvalue weighted by Crippen LogP contribution is 2.29. The van der Waals surface area contributed by atoms with Crippen LogP contribution in [0.3, 0.4) is 0 Å². The highest BCUT2D eigenvalue weighted by molar-refractivity contribution is 5.95. The molecule has 2 N–H and O–H groups in total. The molecule has 7 nitrogen and oxygen atoms in total. The molecule has 1 aromatic heterocycles. The summed E-state index contributed by atoms with van der Waals surface area (Å²) in [6, 6.07) is 0. The maximum atomic E-state index is 12.5. The Balaban J connectivity index is 2.23. The van der Waals surface area contributed by atoms with Gasteiger partial charge >= 0.3 is 5.97 Å². The molecular weight excluding hydrogens is 260 g/mol. The lowest BCUT2D eigenvalue weighted by molar-refractivity contribution is -0.150. The highest BCUT2D eigenvalue weighted by Gasteiger charge is 2.45. The largest absolute Gasteiger partial charge is 0.480 e. The number of nitrogens with zero attached hydrogens (tertiary/aromatic N) is 3. The second-order valence-electron chi connectivity index (χ2n) is 5.35. The fourth-order valence-electron chi connectivity index (χ4n) is 2.53. The lowest BCUT2D eigenvalue weighted by Crippen LogP contribution is -2.57. The van der Waals surface area contributed by atoms with E-state index in [-0.39, 0.29) is 5.82 Å². The van der Waals surface area contributed by atoms with E-state index in [4.69, 9.17) is 0 Å². The van der Waals surface area contributed by atoms with E-state index in [9.17, 15) is 14.7 Å². The maximum absolute atomic E-state index is 12.5. The molecule has 1 aliphatic rings. The molecule has 0 spiro atoms. The lowest BCUT2D eigenvalue weighted by atomic mass is 9.88. The Hall–Kier alpha value is -1.92. The standard InChI is InChI=1S/C13H20N4O3/c1-3-6-9-14-10(16-15-9)11(18)17-8-5-4-7-13(17,2)12(19)20/h3-8H2,1-2H3,(H,19,20)(H,14,15,16). The number of carbonyl (C=O) groups is 2. The minimum absolute atomic E-state index is 0.0582. The molecule has 1 saturated heterocycles. The van der Waals surface area contributed by atoms with Crippen molar-refractivity contribution in [2.45, 2.75) is 51.5 Å². The SMILES string of the molecule is CCCc1nc(C(=O)N2CCCCC2(C)C(=O)O)n[nH]1. The molecule has 7 heteroatoms. The van der Waals surface area contributed by atoms with E-state index in [0.717, 1.165) is 25.7 Å². The number of aromatic amines is 1. The molecule has 0 bridgehead atoms. The predicted octanol–water partition coefficient (Wildman–Crippen LogP) is 1.23. The van der Waals surface area contributed by atoms with Crippen LogP contribution in [-0.4, -0.2) is 49.1 Å². The van der Waals surface area contributed by atoms with E-state index >= 15 is 0 Å². The van der Waals surface area contributed by atoms with E-state index in [1.807, 2.05) is 6.92 Å². The average molecular weight is 280 g/mol. The summed E-state index contributed by atoms with van der Waals surface area (Å²) in [5.74, 6) is -0.671. The number of aromatic nitrogens is 3. The van der Waals surface area contributed by atoms with Gasteiger partial charge in [-0.2, -0.15) is 0 Å². The number of carbonyl (C=O) groups excluding carboxylic acids is 1. The van der Waals surface area contributed by atoms with Crippen LogP contribution in [0.15, 0.2) is 0 Å². The summed E-state index contributed by atoms with van der Waals surface area (Å²) in [5.41, 5.74) is -1.17. The zero-order chi connectivity index (χ0) is 14.8. The van der Waals surface area contributed by atoms with Crippen LogP contribution in [0.5, 0.6) is 0 Å². The molecule has 0 radical (unpaired) electrons. The Morgan fingerprint density at radius 2 is 2.20 bits per heavy atom.